The maximum absolute atomic E-state index is 12.1. The SMILES string of the molecule is CCCCB1OCC(OC(C)=O)C2(CCC3C4CCC5=CC(=O)CCC5(C)C4CCC32C)O1. The maximum atomic E-state index is 12.1. The first-order valence-corrected chi connectivity index (χ1v) is 13.4. The summed E-state index contributed by atoms with van der Waals surface area (Å²) in [6.45, 7) is 9.00. The van der Waals surface area contributed by atoms with Gasteiger partial charge in [0.25, 0.3) is 0 Å². The Morgan fingerprint density at radius 3 is 2.70 bits per heavy atom. The summed E-state index contributed by atoms with van der Waals surface area (Å²) in [6, 6.07) is 0. The minimum atomic E-state index is -0.454. The van der Waals surface area contributed by atoms with Crippen molar-refractivity contribution in [3.05, 3.63) is 11.6 Å². The van der Waals surface area contributed by atoms with Crippen molar-refractivity contribution >= 4 is 18.9 Å². The molecule has 0 radical (unpaired) electrons. The van der Waals surface area contributed by atoms with E-state index in [-0.39, 0.29) is 30.0 Å². The molecular formula is C27H41BO5. The lowest BCUT2D eigenvalue weighted by atomic mass is 9.46. The Balaban J connectivity index is 1.46. The number of carbonyl (C=O) groups is 2. The van der Waals surface area contributed by atoms with Gasteiger partial charge in [0.05, 0.1) is 12.2 Å². The quantitative estimate of drug-likeness (QED) is 0.412. The van der Waals surface area contributed by atoms with Gasteiger partial charge in [-0.25, -0.2) is 0 Å². The highest BCUT2D eigenvalue weighted by molar-refractivity contribution is 6.44. The van der Waals surface area contributed by atoms with E-state index in [9.17, 15) is 9.59 Å². The van der Waals surface area contributed by atoms with Crippen molar-refractivity contribution in [1.29, 1.82) is 0 Å². The minimum absolute atomic E-state index is 0.0232. The zero-order chi connectivity index (χ0) is 23.4. The van der Waals surface area contributed by atoms with Crippen molar-refractivity contribution < 1.29 is 23.6 Å². The molecule has 0 aromatic rings. The number of carbonyl (C=O) groups excluding carboxylic acids is 2. The number of fused-ring (bicyclic) bond motifs is 6. The molecule has 5 aliphatic rings. The summed E-state index contributed by atoms with van der Waals surface area (Å²) in [5, 5.41) is 0. The number of unbranched alkanes of at least 4 members (excludes halogenated alkanes) is 1. The van der Waals surface area contributed by atoms with Gasteiger partial charge in [-0.3, -0.25) is 9.59 Å². The summed E-state index contributed by atoms with van der Waals surface area (Å²) in [4.78, 5) is 24.2. The molecule has 7 atom stereocenters. The van der Waals surface area contributed by atoms with E-state index in [2.05, 4.69) is 20.8 Å². The number of allylic oxidation sites excluding steroid dienone is 1. The van der Waals surface area contributed by atoms with Crippen LogP contribution in [0, 0.1) is 28.6 Å². The first-order valence-electron chi connectivity index (χ1n) is 13.4. The van der Waals surface area contributed by atoms with Crippen molar-refractivity contribution in [2.75, 3.05) is 6.61 Å². The molecule has 3 saturated carbocycles. The van der Waals surface area contributed by atoms with E-state index in [1.165, 1.54) is 18.9 Å². The summed E-state index contributed by atoms with van der Waals surface area (Å²) in [5.41, 5.74) is 1.11. The number of ketones is 1. The van der Waals surface area contributed by atoms with Crippen LogP contribution in [-0.2, 0) is 23.6 Å². The van der Waals surface area contributed by atoms with Gasteiger partial charge in [-0.15, -0.1) is 0 Å². The van der Waals surface area contributed by atoms with E-state index in [1.807, 2.05) is 6.08 Å². The molecule has 0 bridgehead atoms. The van der Waals surface area contributed by atoms with Gasteiger partial charge in [-0.1, -0.05) is 39.2 Å². The number of hydrogen-bond acceptors (Lipinski definition) is 5. The zero-order valence-electron chi connectivity index (χ0n) is 21.0. The van der Waals surface area contributed by atoms with Crippen LogP contribution in [0.25, 0.3) is 0 Å². The lowest BCUT2D eigenvalue weighted by Crippen LogP contribution is -2.66. The second kappa shape index (κ2) is 8.51. The van der Waals surface area contributed by atoms with Crippen LogP contribution in [0.3, 0.4) is 0 Å². The van der Waals surface area contributed by atoms with Crippen LogP contribution >= 0.6 is 0 Å². The van der Waals surface area contributed by atoms with Gasteiger partial charge in [-0.05, 0) is 80.5 Å². The lowest BCUT2D eigenvalue weighted by Gasteiger charge is -2.61. The smallest absolute Gasteiger partial charge is 0.457 e. The molecule has 4 aliphatic carbocycles. The van der Waals surface area contributed by atoms with Gasteiger partial charge < -0.3 is 14.0 Å². The molecule has 6 heteroatoms. The molecule has 5 rings (SSSR count). The minimum Gasteiger partial charge on any atom is -0.457 e. The lowest BCUT2D eigenvalue weighted by molar-refractivity contribution is -0.213. The molecule has 33 heavy (non-hydrogen) atoms. The third-order valence-electron chi connectivity index (χ3n) is 10.5. The van der Waals surface area contributed by atoms with Gasteiger partial charge in [-0.2, -0.15) is 0 Å². The van der Waals surface area contributed by atoms with Crippen molar-refractivity contribution in [1.82, 2.24) is 0 Å². The van der Waals surface area contributed by atoms with Crippen molar-refractivity contribution in [2.45, 2.75) is 110 Å². The summed E-state index contributed by atoms with van der Waals surface area (Å²) >= 11 is 0. The Hall–Kier alpha value is -1.14. The first kappa shape index (κ1) is 23.6. The number of rotatable bonds is 4. The van der Waals surface area contributed by atoms with Gasteiger partial charge in [0.15, 0.2) is 11.9 Å². The second-order valence-corrected chi connectivity index (χ2v) is 12.0. The van der Waals surface area contributed by atoms with E-state index in [0.29, 0.717) is 36.6 Å². The third-order valence-corrected chi connectivity index (χ3v) is 10.5. The highest BCUT2D eigenvalue weighted by atomic mass is 16.7. The normalized spacial score (nSPS) is 44.7. The molecule has 7 unspecified atom stereocenters. The highest BCUT2D eigenvalue weighted by Gasteiger charge is 2.69. The predicted octanol–water partition coefficient (Wildman–Crippen LogP) is 5.52. The average Bonchev–Trinajstić information content (AvgIpc) is 3.07. The average molecular weight is 456 g/mol. The Morgan fingerprint density at radius 2 is 1.94 bits per heavy atom. The maximum Gasteiger partial charge on any atom is 0.457 e. The standard InChI is InChI=1S/C27H41BO5/c1-5-6-15-28-31-17-24(32-18(2)29)27(33-28)14-11-23-21-8-7-19-16-20(30)9-12-25(19,3)22(21)10-13-26(23,27)4/h16,21-24H,5-15,17H2,1-4H3. The van der Waals surface area contributed by atoms with Crippen LogP contribution in [0.1, 0.15) is 91.9 Å². The second-order valence-electron chi connectivity index (χ2n) is 12.0. The summed E-state index contributed by atoms with van der Waals surface area (Å²) < 4.78 is 18.9. The third kappa shape index (κ3) is 3.57. The summed E-state index contributed by atoms with van der Waals surface area (Å²) in [6.07, 6.45) is 13.0. The number of hydrogen-bond donors (Lipinski definition) is 0. The van der Waals surface area contributed by atoms with Gasteiger partial charge in [0.2, 0.25) is 0 Å². The Kier molecular flexibility index (Phi) is 6.09. The monoisotopic (exact) mass is 456 g/mol. The predicted molar refractivity (Wildman–Crippen MR) is 128 cm³/mol. The molecule has 4 fully saturated rings. The molecule has 1 aliphatic heterocycles. The molecule has 0 N–H and O–H groups in total. The van der Waals surface area contributed by atoms with E-state index < -0.39 is 5.60 Å². The van der Waals surface area contributed by atoms with Crippen molar-refractivity contribution in [3.63, 3.8) is 0 Å². The fourth-order valence-electron chi connectivity index (χ4n) is 8.83. The topological polar surface area (TPSA) is 61.8 Å². The van der Waals surface area contributed by atoms with E-state index in [1.54, 1.807) is 0 Å². The molecule has 1 saturated heterocycles. The molecule has 0 aromatic heterocycles. The van der Waals surface area contributed by atoms with Crippen LogP contribution < -0.4 is 0 Å². The van der Waals surface area contributed by atoms with Crippen molar-refractivity contribution in [2.24, 2.45) is 28.6 Å². The van der Waals surface area contributed by atoms with E-state index >= 15 is 0 Å². The molecule has 1 spiro atoms. The molecular weight excluding hydrogens is 415 g/mol. The fraction of sp³-hybridized carbons (Fsp3) is 0.852. The van der Waals surface area contributed by atoms with E-state index in [0.717, 1.165) is 57.7 Å². The Bertz CT molecular complexity index is 840. The largest absolute Gasteiger partial charge is 0.457 e. The molecule has 0 amide bonds. The van der Waals surface area contributed by atoms with Crippen LogP contribution in [0.15, 0.2) is 11.6 Å². The van der Waals surface area contributed by atoms with Gasteiger partial charge in [0, 0.05) is 18.8 Å². The molecule has 5 nitrogen and oxygen atoms in total. The van der Waals surface area contributed by atoms with Crippen molar-refractivity contribution in [3.8, 4) is 0 Å². The fourth-order valence-corrected chi connectivity index (χ4v) is 8.83. The van der Waals surface area contributed by atoms with Gasteiger partial charge >= 0.3 is 13.1 Å². The molecule has 182 valence electrons. The number of esters is 1. The van der Waals surface area contributed by atoms with Crippen LogP contribution in [0.4, 0.5) is 0 Å². The number of ether oxygens (including phenoxy) is 1. The molecule has 1 heterocycles. The Labute approximate surface area is 199 Å². The van der Waals surface area contributed by atoms with Crippen LogP contribution in [0.5, 0.6) is 0 Å². The van der Waals surface area contributed by atoms with E-state index in [4.69, 9.17) is 14.0 Å². The Morgan fingerprint density at radius 1 is 1.15 bits per heavy atom. The van der Waals surface area contributed by atoms with Crippen LogP contribution in [-0.4, -0.2) is 37.2 Å². The zero-order valence-corrected chi connectivity index (χ0v) is 21.0. The first-order chi connectivity index (χ1) is 15.7. The van der Waals surface area contributed by atoms with Gasteiger partial charge in [0.1, 0.15) is 0 Å². The van der Waals surface area contributed by atoms with Crippen LogP contribution in [0.2, 0.25) is 6.32 Å². The highest BCUT2D eigenvalue weighted by Crippen LogP contribution is 2.69. The summed E-state index contributed by atoms with van der Waals surface area (Å²) in [5.74, 6) is 1.93. The molecule has 0 aromatic carbocycles. The summed E-state index contributed by atoms with van der Waals surface area (Å²) in [7, 11) is -0.201.